The number of nitrogens with two attached hydrogens (primary N) is 1. The van der Waals surface area contributed by atoms with Crippen molar-refractivity contribution in [1.29, 1.82) is 0 Å². The van der Waals surface area contributed by atoms with Gasteiger partial charge in [0.2, 0.25) is 26.0 Å². The second-order valence-electron chi connectivity index (χ2n) is 6.35. The van der Waals surface area contributed by atoms with Crippen LogP contribution in [0.25, 0.3) is 0 Å². The van der Waals surface area contributed by atoms with Gasteiger partial charge < -0.3 is 9.73 Å². The van der Waals surface area contributed by atoms with Crippen molar-refractivity contribution in [2.75, 3.05) is 5.32 Å². The first kappa shape index (κ1) is 21.7. The minimum absolute atomic E-state index is 0.000432. The molecular formula is C19H19N3O6S2. The lowest BCUT2D eigenvalue weighted by molar-refractivity contribution is -0.115. The molecule has 0 atom stereocenters. The molecule has 0 saturated carbocycles. The Kier molecular flexibility index (Phi) is 6.37. The number of hydrogen-bond acceptors (Lipinski definition) is 6. The molecule has 0 radical (unpaired) electrons. The summed E-state index contributed by atoms with van der Waals surface area (Å²) in [4.78, 5) is 12.2. The number of carbonyl (C=O) groups is 1. The molecule has 0 aliphatic rings. The molecule has 0 spiro atoms. The van der Waals surface area contributed by atoms with E-state index in [1.165, 1.54) is 48.7 Å². The lowest BCUT2D eigenvalue weighted by atomic mass is 10.1. The summed E-state index contributed by atoms with van der Waals surface area (Å²) in [5.41, 5.74) is 0.880. The summed E-state index contributed by atoms with van der Waals surface area (Å²) in [6, 6.07) is 14.7. The fraction of sp³-hybridized carbons (Fsp3) is 0.105. The van der Waals surface area contributed by atoms with E-state index in [1.54, 1.807) is 18.2 Å². The summed E-state index contributed by atoms with van der Waals surface area (Å²) >= 11 is 0. The molecule has 0 aliphatic heterocycles. The average molecular weight is 450 g/mol. The van der Waals surface area contributed by atoms with Gasteiger partial charge in [-0.25, -0.2) is 26.7 Å². The monoisotopic (exact) mass is 449 g/mol. The van der Waals surface area contributed by atoms with E-state index in [9.17, 15) is 21.6 Å². The van der Waals surface area contributed by atoms with Gasteiger partial charge in [0.05, 0.1) is 29.0 Å². The van der Waals surface area contributed by atoms with Gasteiger partial charge in [-0.1, -0.05) is 18.2 Å². The number of benzene rings is 2. The average Bonchev–Trinajstić information content (AvgIpc) is 3.20. The maximum absolute atomic E-state index is 12.4. The zero-order chi connectivity index (χ0) is 21.8. The van der Waals surface area contributed by atoms with Crippen LogP contribution in [0.4, 0.5) is 5.69 Å². The Balaban J connectivity index is 1.65. The van der Waals surface area contributed by atoms with Crippen LogP contribution in [0.1, 0.15) is 11.3 Å². The molecule has 0 unspecified atom stereocenters. The molecule has 2 aromatic carbocycles. The Hall–Kier alpha value is -2.99. The van der Waals surface area contributed by atoms with E-state index in [2.05, 4.69) is 10.0 Å². The van der Waals surface area contributed by atoms with E-state index in [0.29, 0.717) is 17.0 Å². The van der Waals surface area contributed by atoms with Crippen LogP contribution >= 0.6 is 0 Å². The van der Waals surface area contributed by atoms with Gasteiger partial charge >= 0.3 is 0 Å². The van der Waals surface area contributed by atoms with Gasteiger partial charge in [-0.05, 0) is 48.0 Å². The zero-order valence-electron chi connectivity index (χ0n) is 15.6. The SMILES string of the molecule is NS(=O)(=O)c1ccc(CC(=O)Nc2cccc(S(=O)(=O)NCc3ccco3)c2)cc1. The summed E-state index contributed by atoms with van der Waals surface area (Å²) in [7, 11) is -7.61. The molecule has 30 heavy (non-hydrogen) atoms. The molecule has 0 aliphatic carbocycles. The van der Waals surface area contributed by atoms with Crippen molar-refractivity contribution in [2.24, 2.45) is 5.14 Å². The molecule has 3 rings (SSSR count). The first-order valence-electron chi connectivity index (χ1n) is 8.67. The van der Waals surface area contributed by atoms with Crippen molar-refractivity contribution in [1.82, 2.24) is 4.72 Å². The molecule has 1 aromatic heterocycles. The fourth-order valence-corrected chi connectivity index (χ4v) is 4.15. The summed E-state index contributed by atoms with van der Waals surface area (Å²) in [5, 5.41) is 7.67. The number of sulfonamides is 2. The van der Waals surface area contributed by atoms with E-state index in [4.69, 9.17) is 9.56 Å². The van der Waals surface area contributed by atoms with Gasteiger partial charge in [-0.3, -0.25) is 4.79 Å². The summed E-state index contributed by atoms with van der Waals surface area (Å²) in [5.74, 6) is 0.0768. The van der Waals surface area contributed by atoms with Crippen LogP contribution in [0.15, 0.2) is 81.1 Å². The molecule has 0 fully saturated rings. The van der Waals surface area contributed by atoms with Crippen molar-refractivity contribution in [2.45, 2.75) is 22.8 Å². The summed E-state index contributed by atoms with van der Waals surface area (Å²) < 4.78 is 55.0. The molecule has 3 aromatic rings. The highest BCUT2D eigenvalue weighted by Gasteiger charge is 2.16. The number of anilines is 1. The van der Waals surface area contributed by atoms with Gasteiger partial charge in [0.25, 0.3) is 0 Å². The Bertz CT molecular complexity index is 1240. The van der Waals surface area contributed by atoms with Crippen LogP contribution in [-0.4, -0.2) is 22.7 Å². The third kappa shape index (κ3) is 5.76. The molecular weight excluding hydrogens is 430 g/mol. The van der Waals surface area contributed by atoms with Crippen LogP contribution in [0.2, 0.25) is 0 Å². The van der Waals surface area contributed by atoms with Crippen LogP contribution in [0.5, 0.6) is 0 Å². The second kappa shape index (κ2) is 8.79. The third-order valence-corrected chi connectivity index (χ3v) is 6.39. The van der Waals surface area contributed by atoms with E-state index < -0.39 is 26.0 Å². The molecule has 1 amide bonds. The molecule has 0 bridgehead atoms. The van der Waals surface area contributed by atoms with Crippen molar-refractivity contribution in [3.63, 3.8) is 0 Å². The van der Waals surface area contributed by atoms with Crippen molar-refractivity contribution >= 4 is 31.6 Å². The van der Waals surface area contributed by atoms with Crippen molar-refractivity contribution < 1.29 is 26.0 Å². The second-order valence-corrected chi connectivity index (χ2v) is 9.67. The number of primary sulfonamides is 1. The molecule has 1 heterocycles. The van der Waals surface area contributed by atoms with Gasteiger partial charge in [0.1, 0.15) is 5.76 Å². The molecule has 9 nitrogen and oxygen atoms in total. The van der Waals surface area contributed by atoms with Crippen molar-refractivity contribution in [3.8, 4) is 0 Å². The molecule has 0 saturated heterocycles. The normalized spacial score (nSPS) is 11.9. The summed E-state index contributed by atoms with van der Waals surface area (Å²) in [6.07, 6.45) is 1.42. The predicted molar refractivity (Wildman–Crippen MR) is 109 cm³/mol. The largest absolute Gasteiger partial charge is 0.468 e. The topological polar surface area (TPSA) is 149 Å². The summed E-state index contributed by atoms with van der Waals surface area (Å²) in [6.45, 7) is 0.000432. The standard InChI is InChI=1S/C19H19N3O6S2/c20-29(24,25)17-8-6-14(7-9-17)11-19(23)22-15-3-1-5-18(12-15)30(26,27)21-13-16-4-2-10-28-16/h1-10,12,21H,11,13H2,(H,22,23)(H2,20,24,25). The first-order chi connectivity index (χ1) is 14.1. The van der Waals surface area contributed by atoms with Gasteiger partial charge in [0.15, 0.2) is 0 Å². The van der Waals surface area contributed by atoms with Gasteiger partial charge in [-0.15, -0.1) is 0 Å². The highest BCUT2D eigenvalue weighted by molar-refractivity contribution is 7.89. The lowest BCUT2D eigenvalue weighted by Crippen LogP contribution is -2.23. The van der Waals surface area contributed by atoms with Crippen LogP contribution in [0.3, 0.4) is 0 Å². The predicted octanol–water partition coefficient (Wildman–Crippen LogP) is 1.59. The number of hydrogen-bond donors (Lipinski definition) is 3. The number of amides is 1. The Labute approximate surface area is 174 Å². The van der Waals surface area contributed by atoms with E-state index in [-0.39, 0.29) is 22.8 Å². The van der Waals surface area contributed by atoms with Gasteiger partial charge in [0, 0.05) is 5.69 Å². The molecule has 11 heteroatoms. The van der Waals surface area contributed by atoms with E-state index >= 15 is 0 Å². The zero-order valence-corrected chi connectivity index (χ0v) is 17.2. The van der Waals surface area contributed by atoms with E-state index in [1.807, 2.05) is 0 Å². The Morgan fingerprint density at radius 3 is 2.30 bits per heavy atom. The number of carbonyl (C=O) groups excluding carboxylic acids is 1. The number of rotatable bonds is 8. The lowest BCUT2D eigenvalue weighted by Gasteiger charge is -2.09. The molecule has 158 valence electrons. The first-order valence-corrected chi connectivity index (χ1v) is 11.7. The highest BCUT2D eigenvalue weighted by atomic mass is 32.2. The molecule has 4 N–H and O–H groups in total. The maximum atomic E-state index is 12.4. The third-order valence-electron chi connectivity index (χ3n) is 4.06. The maximum Gasteiger partial charge on any atom is 0.241 e. The quantitative estimate of drug-likeness (QED) is 0.475. The van der Waals surface area contributed by atoms with Crippen LogP contribution in [0, 0.1) is 0 Å². The minimum Gasteiger partial charge on any atom is -0.468 e. The number of furan rings is 1. The highest BCUT2D eigenvalue weighted by Crippen LogP contribution is 2.17. The fourth-order valence-electron chi connectivity index (χ4n) is 2.59. The number of nitrogens with one attached hydrogen (secondary N) is 2. The van der Waals surface area contributed by atoms with Gasteiger partial charge in [-0.2, -0.15) is 0 Å². The van der Waals surface area contributed by atoms with Crippen molar-refractivity contribution in [3.05, 3.63) is 78.3 Å². The Morgan fingerprint density at radius 2 is 1.67 bits per heavy atom. The van der Waals surface area contributed by atoms with Crippen LogP contribution in [-0.2, 0) is 37.8 Å². The smallest absolute Gasteiger partial charge is 0.241 e. The Morgan fingerprint density at radius 1 is 0.933 bits per heavy atom. The minimum atomic E-state index is -3.80. The van der Waals surface area contributed by atoms with E-state index in [0.717, 1.165) is 0 Å². The van der Waals surface area contributed by atoms with Crippen LogP contribution < -0.4 is 15.2 Å².